The fourth-order valence-electron chi connectivity index (χ4n) is 2.69. The minimum atomic E-state index is 0.475. The molecule has 0 aliphatic heterocycles. The number of benzene rings is 2. The van der Waals surface area contributed by atoms with Gasteiger partial charge in [0.1, 0.15) is 5.15 Å². The molecule has 0 amide bonds. The number of hydrogen-bond acceptors (Lipinski definition) is 3. The topological polar surface area (TPSA) is 25.8 Å². The van der Waals surface area contributed by atoms with Crippen LogP contribution in [0.3, 0.4) is 0 Å². The second kappa shape index (κ2) is 5.17. The highest BCUT2D eigenvalue weighted by molar-refractivity contribution is 7.99. The van der Waals surface area contributed by atoms with E-state index in [9.17, 15) is 0 Å². The van der Waals surface area contributed by atoms with Gasteiger partial charge in [-0.1, -0.05) is 48.0 Å². The number of aromatic nitrogens is 2. The molecule has 0 spiro atoms. The first-order valence-corrected chi connectivity index (χ1v) is 7.87. The van der Waals surface area contributed by atoms with Gasteiger partial charge in [0.05, 0.1) is 0 Å². The molecular formula is C17H11ClN2S. The summed E-state index contributed by atoms with van der Waals surface area (Å²) in [5, 5.41) is 1.16. The van der Waals surface area contributed by atoms with E-state index in [2.05, 4.69) is 52.4 Å². The van der Waals surface area contributed by atoms with Crippen molar-refractivity contribution in [2.24, 2.45) is 0 Å². The highest BCUT2D eigenvalue weighted by Gasteiger charge is 2.21. The van der Waals surface area contributed by atoms with Crippen molar-refractivity contribution in [3.05, 3.63) is 71.0 Å². The van der Waals surface area contributed by atoms with Gasteiger partial charge < -0.3 is 0 Å². The van der Waals surface area contributed by atoms with E-state index >= 15 is 0 Å². The minimum absolute atomic E-state index is 0.475. The van der Waals surface area contributed by atoms with Gasteiger partial charge >= 0.3 is 0 Å². The maximum Gasteiger partial charge on any atom is 0.193 e. The zero-order valence-electron chi connectivity index (χ0n) is 11.1. The van der Waals surface area contributed by atoms with Crippen LogP contribution in [0, 0.1) is 0 Å². The lowest BCUT2D eigenvalue weighted by atomic mass is 10.1. The van der Waals surface area contributed by atoms with Crippen LogP contribution in [0.5, 0.6) is 0 Å². The third-order valence-electron chi connectivity index (χ3n) is 3.61. The van der Waals surface area contributed by atoms with E-state index in [-0.39, 0.29) is 0 Å². The summed E-state index contributed by atoms with van der Waals surface area (Å²) in [4.78, 5) is 9.74. The average molecular weight is 311 g/mol. The van der Waals surface area contributed by atoms with Crippen LogP contribution in [0.2, 0.25) is 5.15 Å². The fraction of sp³-hybridized carbons (Fsp3) is 0.0588. The van der Waals surface area contributed by atoms with Crippen molar-refractivity contribution >= 4 is 23.4 Å². The van der Waals surface area contributed by atoms with Gasteiger partial charge in [-0.2, -0.15) is 0 Å². The summed E-state index contributed by atoms with van der Waals surface area (Å²) in [6, 6.07) is 16.7. The SMILES string of the molecule is Clc1ccnc(Sc2cccc3c2Cc2ccccc2-3)n1. The predicted octanol–water partition coefficient (Wildman–Crippen LogP) is 4.85. The maximum absolute atomic E-state index is 5.94. The van der Waals surface area contributed by atoms with Crippen molar-refractivity contribution in [2.75, 3.05) is 0 Å². The molecule has 102 valence electrons. The number of hydrogen-bond donors (Lipinski definition) is 0. The molecule has 1 aliphatic rings. The van der Waals surface area contributed by atoms with Crippen molar-refractivity contribution in [2.45, 2.75) is 16.5 Å². The molecule has 4 heteroatoms. The summed E-state index contributed by atoms with van der Waals surface area (Å²) in [5.74, 6) is 0. The molecule has 2 nitrogen and oxygen atoms in total. The van der Waals surface area contributed by atoms with Crippen LogP contribution >= 0.6 is 23.4 Å². The van der Waals surface area contributed by atoms with Crippen molar-refractivity contribution < 1.29 is 0 Å². The fourth-order valence-corrected chi connectivity index (χ4v) is 3.78. The molecule has 2 aromatic carbocycles. The molecule has 0 saturated carbocycles. The minimum Gasteiger partial charge on any atom is -0.231 e. The second-order valence-corrected chi connectivity index (χ2v) is 6.28. The Morgan fingerprint density at radius 3 is 2.71 bits per heavy atom. The van der Waals surface area contributed by atoms with E-state index in [1.165, 1.54) is 27.1 Å². The lowest BCUT2D eigenvalue weighted by Gasteiger charge is -2.07. The molecule has 3 aromatic rings. The van der Waals surface area contributed by atoms with Gasteiger partial charge in [-0.3, -0.25) is 0 Å². The molecule has 0 atom stereocenters. The zero-order valence-corrected chi connectivity index (χ0v) is 12.7. The molecule has 0 N–H and O–H groups in total. The van der Waals surface area contributed by atoms with Gasteiger partial charge in [-0.05, 0) is 52.6 Å². The van der Waals surface area contributed by atoms with E-state index in [0.717, 1.165) is 6.42 Å². The van der Waals surface area contributed by atoms with Crippen LogP contribution in [-0.4, -0.2) is 9.97 Å². The van der Waals surface area contributed by atoms with Crippen LogP contribution in [0.25, 0.3) is 11.1 Å². The third kappa shape index (κ3) is 2.33. The Labute approximate surface area is 132 Å². The van der Waals surface area contributed by atoms with Gasteiger partial charge in [0.25, 0.3) is 0 Å². The Morgan fingerprint density at radius 1 is 0.952 bits per heavy atom. The van der Waals surface area contributed by atoms with E-state index in [1.54, 1.807) is 24.0 Å². The van der Waals surface area contributed by atoms with Crippen LogP contribution in [0.15, 0.2) is 64.8 Å². The van der Waals surface area contributed by atoms with Gasteiger partial charge in [0.15, 0.2) is 5.16 Å². The van der Waals surface area contributed by atoms with E-state index < -0.39 is 0 Å². The zero-order chi connectivity index (χ0) is 14.2. The summed E-state index contributed by atoms with van der Waals surface area (Å²) in [7, 11) is 0. The van der Waals surface area contributed by atoms with Crippen LogP contribution in [-0.2, 0) is 6.42 Å². The van der Waals surface area contributed by atoms with E-state index in [0.29, 0.717) is 10.3 Å². The highest BCUT2D eigenvalue weighted by atomic mass is 35.5. The largest absolute Gasteiger partial charge is 0.231 e. The third-order valence-corrected chi connectivity index (χ3v) is 4.80. The number of nitrogens with zero attached hydrogens (tertiary/aromatic N) is 2. The Morgan fingerprint density at radius 2 is 1.81 bits per heavy atom. The Balaban J connectivity index is 1.76. The lowest BCUT2D eigenvalue weighted by Crippen LogP contribution is -1.89. The molecule has 0 bridgehead atoms. The quantitative estimate of drug-likeness (QED) is 0.391. The molecule has 1 aliphatic carbocycles. The van der Waals surface area contributed by atoms with Crippen molar-refractivity contribution in [1.82, 2.24) is 9.97 Å². The van der Waals surface area contributed by atoms with Crippen molar-refractivity contribution in [3.8, 4) is 11.1 Å². The van der Waals surface area contributed by atoms with E-state index in [1.807, 2.05) is 0 Å². The first-order valence-electron chi connectivity index (χ1n) is 6.68. The molecule has 1 heterocycles. The lowest BCUT2D eigenvalue weighted by molar-refractivity contribution is 0.965. The smallest absolute Gasteiger partial charge is 0.193 e. The monoisotopic (exact) mass is 310 g/mol. The summed E-state index contributed by atoms with van der Waals surface area (Å²) < 4.78 is 0. The van der Waals surface area contributed by atoms with E-state index in [4.69, 9.17) is 11.6 Å². The van der Waals surface area contributed by atoms with Gasteiger partial charge in [0, 0.05) is 11.1 Å². The first-order chi connectivity index (χ1) is 10.3. The predicted molar refractivity (Wildman–Crippen MR) is 85.8 cm³/mol. The first kappa shape index (κ1) is 12.9. The maximum atomic E-state index is 5.94. The molecule has 0 saturated heterocycles. The molecular weight excluding hydrogens is 300 g/mol. The van der Waals surface area contributed by atoms with Crippen LogP contribution in [0.4, 0.5) is 0 Å². The van der Waals surface area contributed by atoms with Gasteiger partial charge in [0.2, 0.25) is 0 Å². The normalized spacial score (nSPS) is 12.0. The number of fused-ring (bicyclic) bond motifs is 3. The summed E-state index contributed by atoms with van der Waals surface area (Å²) in [5.41, 5.74) is 5.39. The standard InChI is InChI=1S/C17H11ClN2S/c18-16-8-9-19-17(20-16)21-15-7-3-6-13-12-5-2-1-4-11(12)10-14(13)15/h1-9H,10H2. The average Bonchev–Trinajstić information content (AvgIpc) is 2.87. The van der Waals surface area contributed by atoms with Crippen LogP contribution in [0.1, 0.15) is 11.1 Å². The highest BCUT2D eigenvalue weighted by Crippen LogP contribution is 2.42. The van der Waals surface area contributed by atoms with Crippen molar-refractivity contribution in [3.63, 3.8) is 0 Å². The molecule has 4 rings (SSSR count). The molecule has 0 unspecified atom stereocenters. The number of rotatable bonds is 2. The van der Waals surface area contributed by atoms with Gasteiger partial charge in [-0.15, -0.1) is 0 Å². The molecule has 21 heavy (non-hydrogen) atoms. The van der Waals surface area contributed by atoms with Crippen molar-refractivity contribution in [1.29, 1.82) is 0 Å². The summed E-state index contributed by atoms with van der Waals surface area (Å²) in [6.45, 7) is 0. The Hall–Kier alpha value is -1.84. The molecule has 0 fully saturated rings. The van der Waals surface area contributed by atoms with Gasteiger partial charge in [-0.25, -0.2) is 9.97 Å². The van der Waals surface area contributed by atoms with Crippen LogP contribution < -0.4 is 0 Å². The summed E-state index contributed by atoms with van der Waals surface area (Å²) in [6.07, 6.45) is 2.66. The Kier molecular flexibility index (Phi) is 3.17. The molecule has 1 aromatic heterocycles. The summed E-state index contributed by atoms with van der Waals surface area (Å²) >= 11 is 7.51. The Bertz CT molecular complexity index is 833. The molecule has 0 radical (unpaired) electrons. The second-order valence-electron chi connectivity index (χ2n) is 4.88. The number of halogens is 1.